The van der Waals surface area contributed by atoms with Crippen molar-refractivity contribution in [3.63, 3.8) is 0 Å². The number of benzene rings is 3. The fraction of sp³-hybridized carbons (Fsp3) is 0.167. The zero-order valence-electron chi connectivity index (χ0n) is 25.1. The molecule has 2 aliphatic rings. The molecule has 1 fully saturated rings. The fourth-order valence-electron chi connectivity index (χ4n) is 5.98. The third-order valence-electron chi connectivity index (χ3n) is 8.44. The number of halogens is 1. The molecule has 8 rings (SSSR count). The van der Waals surface area contributed by atoms with Gasteiger partial charge in [-0.25, -0.2) is 9.37 Å². The van der Waals surface area contributed by atoms with Crippen molar-refractivity contribution in [2.45, 2.75) is 6.54 Å². The van der Waals surface area contributed by atoms with Crippen molar-refractivity contribution in [3.05, 3.63) is 119 Å². The summed E-state index contributed by atoms with van der Waals surface area (Å²) >= 11 is 1.48. The number of hydrogen-bond donors (Lipinski definition) is 0. The normalized spacial score (nSPS) is 14.4. The molecule has 234 valence electrons. The van der Waals surface area contributed by atoms with Crippen molar-refractivity contribution in [1.29, 1.82) is 0 Å². The van der Waals surface area contributed by atoms with Crippen LogP contribution in [0.4, 0.5) is 16.0 Å². The number of amides is 1. The Bertz CT molecular complexity index is 2180. The number of carbonyl (C=O) groups is 1. The number of rotatable bonds is 6. The largest absolute Gasteiger partial charge is 0.453 e. The van der Waals surface area contributed by atoms with E-state index in [0.717, 1.165) is 26.3 Å². The first-order valence-corrected chi connectivity index (χ1v) is 16.1. The molecule has 0 saturated carbocycles. The zero-order valence-corrected chi connectivity index (χ0v) is 26.0. The molecule has 3 aromatic carbocycles. The van der Waals surface area contributed by atoms with E-state index in [1.165, 1.54) is 29.7 Å². The highest BCUT2D eigenvalue weighted by molar-refractivity contribution is 7.22. The van der Waals surface area contributed by atoms with Crippen LogP contribution >= 0.6 is 11.3 Å². The summed E-state index contributed by atoms with van der Waals surface area (Å²) in [6.45, 7) is 3.40. The third-order valence-corrected chi connectivity index (χ3v) is 9.62. The number of ether oxygens (including phenoxy) is 2. The molecule has 0 spiro atoms. The van der Waals surface area contributed by atoms with Gasteiger partial charge in [-0.2, -0.15) is 0 Å². The molecule has 0 radical (unpaired) electrons. The Labute approximate surface area is 273 Å². The monoisotopic (exact) mass is 645 g/mol. The predicted molar refractivity (Wildman–Crippen MR) is 179 cm³/mol. The molecule has 0 atom stereocenters. The Morgan fingerprint density at radius 3 is 2.43 bits per heavy atom. The van der Waals surface area contributed by atoms with E-state index < -0.39 is 5.82 Å². The molecule has 1 saturated heterocycles. The lowest BCUT2D eigenvalue weighted by atomic mass is 10.1. The summed E-state index contributed by atoms with van der Waals surface area (Å²) in [6.07, 6.45) is 3.13. The molecule has 0 unspecified atom stereocenters. The van der Waals surface area contributed by atoms with Gasteiger partial charge in [-0.05, 0) is 53.6 Å². The number of carbonyl (C=O) groups excluding carboxylic acids is 1. The Balaban J connectivity index is 1.03. The van der Waals surface area contributed by atoms with Crippen LogP contribution in [0.2, 0.25) is 0 Å². The number of pyridine rings is 1. The summed E-state index contributed by atoms with van der Waals surface area (Å²) in [5, 5.41) is 0. The molecular formula is C36H28FN5O4S. The number of thiophene rings is 1. The average molecular weight is 646 g/mol. The van der Waals surface area contributed by atoms with Gasteiger partial charge in [0.2, 0.25) is 5.95 Å². The Morgan fingerprint density at radius 1 is 0.851 bits per heavy atom. The molecule has 0 bridgehead atoms. The summed E-state index contributed by atoms with van der Waals surface area (Å²) in [5.41, 5.74) is 3.77. The van der Waals surface area contributed by atoms with Crippen molar-refractivity contribution in [3.8, 4) is 33.1 Å². The van der Waals surface area contributed by atoms with Gasteiger partial charge in [0.25, 0.3) is 11.5 Å². The quantitative estimate of drug-likeness (QED) is 0.198. The lowest BCUT2D eigenvalue weighted by molar-refractivity contribution is 0.0303. The number of fused-ring (bicyclic) bond motifs is 2. The van der Waals surface area contributed by atoms with E-state index in [-0.39, 0.29) is 17.2 Å². The van der Waals surface area contributed by atoms with Crippen LogP contribution in [0.5, 0.6) is 11.5 Å². The van der Waals surface area contributed by atoms with Crippen LogP contribution in [-0.4, -0.2) is 58.2 Å². The molecule has 1 amide bonds. The van der Waals surface area contributed by atoms with Crippen LogP contribution in [-0.2, 0) is 11.3 Å². The van der Waals surface area contributed by atoms with Gasteiger partial charge in [0, 0.05) is 60.8 Å². The number of para-hydroxylation sites is 1. The van der Waals surface area contributed by atoms with E-state index in [2.05, 4.69) is 9.97 Å². The van der Waals surface area contributed by atoms with E-state index in [9.17, 15) is 9.59 Å². The molecular weight excluding hydrogens is 617 g/mol. The number of nitrogens with zero attached hydrogens (tertiary/aromatic N) is 5. The first-order valence-electron chi connectivity index (χ1n) is 15.3. The number of aromatic nitrogens is 3. The highest BCUT2D eigenvalue weighted by Gasteiger charge is 2.25. The van der Waals surface area contributed by atoms with Crippen molar-refractivity contribution in [1.82, 2.24) is 19.4 Å². The van der Waals surface area contributed by atoms with Gasteiger partial charge < -0.3 is 19.3 Å². The predicted octanol–water partition coefficient (Wildman–Crippen LogP) is 6.74. The fourth-order valence-corrected chi connectivity index (χ4v) is 7.05. The van der Waals surface area contributed by atoms with Crippen LogP contribution in [0.1, 0.15) is 10.4 Å². The lowest BCUT2D eigenvalue weighted by Crippen LogP contribution is -2.40. The van der Waals surface area contributed by atoms with Crippen LogP contribution in [0.25, 0.3) is 31.8 Å². The maximum absolute atomic E-state index is 15.5. The average Bonchev–Trinajstić information content (AvgIpc) is 3.76. The van der Waals surface area contributed by atoms with Gasteiger partial charge in [0.15, 0.2) is 11.6 Å². The van der Waals surface area contributed by atoms with E-state index in [4.69, 9.17) is 9.47 Å². The highest BCUT2D eigenvalue weighted by Crippen LogP contribution is 2.40. The van der Waals surface area contributed by atoms with Gasteiger partial charge in [0.1, 0.15) is 5.75 Å². The van der Waals surface area contributed by atoms with Crippen LogP contribution < -0.4 is 15.2 Å². The minimum atomic E-state index is -0.597. The van der Waals surface area contributed by atoms with E-state index in [1.807, 2.05) is 65.6 Å². The second kappa shape index (κ2) is 12.1. The molecule has 9 nitrogen and oxygen atoms in total. The zero-order chi connectivity index (χ0) is 31.9. The van der Waals surface area contributed by atoms with Gasteiger partial charge in [-0.3, -0.25) is 19.1 Å². The smallest absolute Gasteiger partial charge is 0.262 e. The topological polar surface area (TPSA) is 89.8 Å². The van der Waals surface area contributed by atoms with E-state index in [0.29, 0.717) is 67.8 Å². The molecule has 0 aliphatic carbocycles. The summed E-state index contributed by atoms with van der Waals surface area (Å²) in [6, 6.07) is 25.5. The van der Waals surface area contributed by atoms with E-state index >= 15 is 4.39 Å². The minimum absolute atomic E-state index is 0.00559. The van der Waals surface area contributed by atoms with Crippen molar-refractivity contribution >= 4 is 39.1 Å². The number of morpholine rings is 1. The number of anilines is 2. The summed E-state index contributed by atoms with van der Waals surface area (Å²) < 4.78 is 29.3. The molecule has 3 aromatic heterocycles. The molecule has 0 N–H and O–H groups in total. The van der Waals surface area contributed by atoms with E-state index in [1.54, 1.807) is 27.8 Å². The molecule has 2 aliphatic heterocycles. The summed E-state index contributed by atoms with van der Waals surface area (Å²) in [4.78, 5) is 40.1. The lowest BCUT2D eigenvalue weighted by Gasteiger charge is -2.26. The van der Waals surface area contributed by atoms with Crippen LogP contribution in [0.15, 0.2) is 102 Å². The van der Waals surface area contributed by atoms with Crippen molar-refractivity contribution in [2.75, 3.05) is 37.7 Å². The summed E-state index contributed by atoms with van der Waals surface area (Å²) in [5.74, 6) is 0.471. The standard InChI is InChI=1S/C36H28FN5O4S/c37-28-20-25(27-22-39-36-41(14-15-42(36)35(27)44)26-4-2-1-3-5-26)10-11-30(28)46-31-12-13-38-29-21-32(47-33(29)31)23-6-8-24(9-7-23)34(43)40-16-18-45-19-17-40/h1-13,20-22H,14-19H2. The first kappa shape index (κ1) is 29.0. The molecule has 11 heteroatoms. The SMILES string of the molecule is O=C(c1ccc(-c2cc3nccc(Oc4ccc(-c5cnc6n(c5=O)CCN6c5ccccc5)cc4F)c3s2)cc1)N1CCOCC1. The Kier molecular flexibility index (Phi) is 7.47. The van der Waals surface area contributed by atoms with Crippen LogP contribution in [0, 0.1) is 5.82 Å². The maximum Gasteiger partial charge on any atom is 0.262 e. The minimum Gasteiger partial charge on any atom is -0.453 e. The molecule has 5 heterocycles. The van der Waals surface area contributed by atoms with Gasteiger partial charge >= 0.3 is 0 Å². The third kappa shape index (κ3) is 5.43. The maximum atomic E-state index is 15.5. The van der Waals surface area contributed by atoms with Crippen LogP contribution in [0.3, 0.4) is 0 Å². The molecule has 47 heavy (non-hydrogen) atoms. The second-order valence-corrected chi connectivity index (χ2v) is 12.3. The summed E-state index contributed by atoms with van der Waals surface area (Å²) in [7, 11) is 0. The van der Waals surface area contributed by atoms with Gasteiger partial charge in [-0.15, -0.1) is 11.3 Å². The second-order valence-electron chi connectivity index (χ2n) is 11.3. The first-order chi connectivity index (χ1) is 23.0. The van der Waals surface area contributed by atoms with Gasteiger partial charge in [0.05, 0.1) is 29.0 Å². The highest BCUT2D eigenvalue weighted by atomic mass is 32.1. The Hall–Kier alpha value is -5.39. The van der Waals surface area contributed by atoms with Gasteiger partial charge in [-0.1, -0.05) is 36.4 Å². The molecule has 6 aromatic rings. The van der Waals surface area contributed by atoms with Crippen molar-refractivity contribution in [2.24, 2.45) is 0 Å². The Morgan fingerprint density at radius 2 is 1.64 bits per heavy atom. The number of hydrogen-bond acceptors (Lipinski definition) is 8. The van der Waals surface area contributed by atoms with Crippen molar-refractivity contribution < 1.29 is 18.7 Å².